The number of ether oxygens (including phenoxy) is 1. The third-order valence-electron chi connectivity index (χ3n) is 5.06. The van der Waals surface area contributed by atoms with Crippen molar-refractivity contribution < 1.29 is 18.8 Å². The number of fused-ring (bicyclic) bond motifs is 2. The highest BCUT2D eigenvalue weighted by Gasteiger charge is 2.31. The molecule has 0 spiro atoms. The Hall–Kier alpha value is -2.83. The molecular weight excluding hydrogens is 334 g/mol. The van der Waals surface area contributed by atoms with E-state index in [-0.39, 0.29) is 17.9 Å². The summed E-state index contributed by atoms with van der Waals surface area (Å²) in [5.74, 6) is 0.669. The number of hydrogen-bond donors (Lipinski definition) is 1. The molecule has 1 N–H and O–H groups in total. The average molecular weight is 355 g/mol. The van der Waals surface area contributed by atoms with Gasteiger partial charge in [-0.05, 0) is 44.4 Å². The second-order valence-electron chi connectivity index (χ2n) is 6.75. The van der Waals surface area contributed by atoms with Gasteiger partial charge in [0.2, 0.25) is 0 Å². The molecule has 0 saturated carbocycles. The van der Waals surface area contributed by atoms with Crippen molar-refractivity contribution in [2.75, 3.05) is 18.5 Å². The summed E-state index contributed by atoms with van der Waals surface area (Å²) in [6.45, 7) is 3.04. The molecule has 1 aromatic carbocycles. The van der Waals surface area contributed by atoms with Crippen LogP contribution >= 0.6 is 0 Å². The van der Waals surface area contributed by atoms with Gasteiger partial charge in [-0.25, -0.2) is 0 Å². The van der Waals surface area contributed by atoms with E-state index in [4.69, 9.17) is 9.26 Å². The second kappa shape index (κ2) is 6.82. The van der Waals surface area contributed by atoms with Gasteiger partial charge in [-0.2, -0.15) is 0 Å². The Bertz CT molecular complexity index is 845. The zero-order valence-electron chi connectivity index (χ0n) is 14.7. The molecule has 1 saturated heterocycles. The number of benzene rings is 1. The maximum atomic E-state index is 13.1. The van der Waals surface area contributed by atoms with E-state index < -0.39 is 0 Å². The van der Waals surface area contributed by atoms with Gasteiger partial charge >= 0.3 is 0 Å². The van der Waals surface area contributed by atoms with Gasteiger partial charge in [-0.3, -0.25) is 9.59 Å². The zero-order chi connectivity index (χ0) is 18.1. The van der Waals surface area contributed by atoms with E-state index in [1.54, 1.807) is 25.1 Å². The van der Waals surface area contributed by atoms with Crippen molar-refractivity contribution >= 4 is 17.5 Å². The number of carbonyl (C=O) groups excluding carboxylic acids is 2. The van der Waals surface area contributed by atoms with Crippen LogP contribution < -0.4 is 10.1 Å². The predicted octanol–water partition coefficient (Wildman–Crippen LogP) is 3.01. The third-order valence-corrected chi connectivity index (χ3v) is 5.06. The Kier molecular flexibility index (Phi) is 4.36. The molecule has 2 amide bonds. The molecule has 2 aromatic rings. The summed E-state index contributed by atoms with van der Waals surface area (Å²) >= 11 is 0. The van der Waals surface area contributed by atoms with Gasteiger partial charge in [0.05, 0.1) is 18.4 Å². The molecule has 136 valence electrons. The van der Waals surface area contributed by atoms with Crippen molar-refractivity contribution in [2.45, 2.75) is 38.6 Å². The highest BCUT2D eigenvalue weighted by molar-refractivity contribution is 6.06. The van der Waals surface area contributed by atoms with Gasteiger partial charge in [0.25, 0.3) is 11.8 Å². The highest BCUT2D eigenvalue weighted by Crippen LogP contribution is 2.31. The minimum Gasteiger partial charge on any atom is -0.493 e. The molecule has 1 aromatic heterocycles. The number of nitrogens with one attached hydrogen (secondary N) is 1. The lowest BCUT2D eigenvalue weighted by Gasteiger charge is -2.37. The Morgan fingerprint density at radius 2 is 2.19 bits per heavy atom. The Balaban J connectivity index is 1.61. The van der Waals surface area contributed by atoms with Crippen molar-refractivity contribution in [3.05, 3.63) is 41.3 Å². The van der Waals surface area contributed by atoms with Crippen LogP contribution in [0.5, 0.6) is 5.75 Å². The highest BCUT2D eigenvalue weighted by atomic mass is 16.5. The van der Waals surface area contributed by atoms with Crippen LogP contribution in [-0.4, -0.2) is 41.1 Å². The van der Waals surface area contributed by atoms with Gasteiger partial charge in [0, 0.05) is 24.7 Å². The normalized spacial score (nSPS) is 19.7. The van der Waals surface area contributed by atoms with E-state index in [0.717, 1.165) is 32.2 Å². The average Bonchev–Trinajstić information content (AvgIpc) is 3.07. The first kappa shape index (κ1) is 16.6. The first-order valence-corrected chi connectivity index (χ1v) is 8.94. The molecule has 7 nitrogen and oxygen atoms in total. The molecule has 0 unspecified atom stereocenters. The first-order chi connectivity index (χ1) is 12.6. The molecule has 2 aliphatic heterocycles. The predicted molar refractivity (Wildman–Crippen MR) is 94.4 cm³/mol. The summed E-state index contributed by atoms with van der Waals surface area (Å²) in [7, 11) is 0. The molecule has 2 aliphatic rings. The minimum atomic E-state index is -0.321. The van der Waals surface area contributed by atoms with Crippen LogP contribution in [0.1, 0.15) is 52.2 Å². The monoisotopic (exact) mass is 355 g/mol. The van der Waals surface area contributed by atoms with E-state index in [9.17, 15) is 9.59 Å². The van der Waals surface area contributed by atoms with E-state index in [0.29, 0.717) is 34.9 Å². The number of amides is 2. The van der Waals surface area contributed by atoms with Gasteiger partial charge in [0.1, 0.15) is 17.1 Å². The van der Waals surface area contributed by atoms with Crippen molar-refractivity contribution in [3.8, 4) is 5.75 Å². The quantitative estimate of drug-likeness (QED) is 0.895. The van der Waals surface area contributed by atoms with Crippen molar-refractivity contribution in [1.82, 2.24) is 10.1 Å². The van der Waals surface area contributed by atoms with Crippen LogP contribution in [0.4, 0.5) is 5.69 Å². The molecule has 3 heterocycles. The number of nitrogens with zero attached hydrogens (tertiary/aromatic N) is 2. The van der Waals surface area contributed by atoms with Crippen LogP contribution in [0.2, 0.25) is 0 Å². The van der Waals surface area contributed by atoms with Crippen LogP contribution in [0.15, 0.2) is 28.9 Å². The van der Waals surface area contributed by atoms with Crippen molar-refractivity contribution in [2.24, 2.45) is 0 Å². The molecule has 1 atom stereocenters. The maximum Gasteiger partial charge on any atom is 0.260 e. The standard InChI is InChI=1S/C19H21N3O4/c1-12-16(11-20-26-12)18(23)21-13-5-6-17-15(10-13)19(24)22-8-3-2-4-14(22)7-9-25-17/h5-6,10-11,14H,2-4,7-9H2,1H3,(H,21,23)/t14-/m1/s1. The van der Waals surface area contributed by atoms with E-state index in [1.807, 2.05) is 4.90 Å². The van der Waals surface area contributed by atoms with Gasteiger partial charge < -0.3 is 19.5 Å². The zero-order valence-corrected chi connectivity index (χ0v) is 14.7. The topological polar surface area (TPSA) is 84.7 Å². The number of aryl methyl sites for hydroxylation is 1. The summed E-state index contributed by atoms with van der Waals surface area (Å²) < 4.78 is 10.7. The van der Waals surface area contributed by atoms with Gasteiger partial charge in [-0.1, -0.05) is 5.16 Å². The van der Waals surface area contributed by atoms with Crippen LogP contribution in [-0.2, 0) is 0 Å². The molecule has 26 heavy (non-hydrogen) atoms. The molecule has 4 rings (SSSR count). The smallest absolute Gasteiger partial charge is 0.260 e. The fourth-order valence-electron chi connectivity index (χ4n) is 3.64. The minimum absolute atomic E-state index is 0.0262. The number of aromatic nitrogens is 1. The fraction of sp³-hybridized carbons (Fsp3) is 0.421. The SMILES string of the molecule is Cc1oncc1C(=O)Nc1ccc2c(c1)C(=O)N1CCCC[C@@H]1CCO2. The third kappa shape index (κ3) is 3.05. The largest absolute Gasteiger partial charge is 0.493 e. The molecule has 0 bridgehead atoms. The molecular formula is C19H21N3O4. The fourth-order valence-corrected chi connectivity index (χ4v) is 3.64. The lowest BCUT2D eigenvalue weighted by atomic mass is 9.97. The first-order valence-electron chi connectivity index (χ1n) is 8.94. The number of hydrogen-bond acceptors (Lipinski definition) is 5. The summed E-state index contributed by atoms with van der Waals surface area (Å²) in [4.78, 5) is 27.4. The lowest BCUT2D eigenvalue weighted by Crippen LogP contribution is -2.45. The van der Waals surface area contributed by atoms with E-state index in [1.165, 1.54) is 6.20 Å². The summed E-state index contributed by atoms with van der Waals surface area (Å²) in [6.07, 6.45) is 5.44. The lowest BCUT2D eigenvalue weighted by molar-refractivity contribution is 0.0548. The Labute approximate surface area is 151 Å². The summed E-state index contributed by atoms with van der Waals surface area (Å²) in [5, 5.41) is 6.42. The number of rotatable bonds is 2. The molecule has 0 aliphatic carbocycles. The van der Waals surface area contributed by atoms with Gasteiger partial charge in [-0.15, -0.1) is 0 Å². The van der Waals surface area contributed by atoms with Crippen molar-refractivity contribution in [3.63, 3.8) is 0 Å². The second-order valence-corrected chi connectivity index (χ2v) is 6.75. The van der Waals surface area contributed by atoms with Gasteiger partial charge in [0.15, 0.2) is 0 Å². The Morgan fingerprint density at radius 1 is 1.31 bits per heavy atom. The number of anilines is 1. The van der Waals surface area contributed by atoms with Crippen molar-refractivity contribution in [1.29, 1.82) is 0 Å². The summed E-state index contributed by atoms with van der Waals surface area (Å²) in [6, 6.07) is 5.41. The number of piperidine rings is 1. The Morgan fingerprint density at radius 3 is 3.00 bits per heavy atom. The van der Waals surface area contributed by atoms with Crippen LogP contribution in [0, 0.1) is 6.92 Å². The molecule has 1 fully saturated rings. The van der Waals surface area contributed by atoms with E-state index >= 15 is 0 Å². The van der Waals surface area contributed by atoms with Crippen LogP contribution in [0.25, 0.3) is 0 Å². The van der Waals surface area contributed by atoms with Crippen LogP contribution in [0.3, 0.4) is 0 Å². The maximum absolute atomic E-state index is 13.1. The molecule has 7 heteroatoms. The molecule has 0 radical (unpaired) electrons. The number of carbonyl (C=O) groups is 2. The summed E-state index contributed by atoms with van der Waals surface area (Å²) in [5.41, 5.74) is 1.41. The van der Waals surface area contributed by atoms with E-state index in [2.05, 4.69) is 10.5 Å².